The Morgan fingerprint density at radius 2 is 1.95 bits per heavy atom. The van der Waals surface area contributed by atoms with E-state index in [2.05, 4.69) is 16.8 Å². The molecule has 0 saturated carbocycles. The van der Waals surface area contributed by atoms with Gasteiger partial charge in [0.15, 0.2) is 0 Å². The van der Waals surface area contributed by atoms with Gasteiger partial charge in [0.1, 0.15) is 28.4 Å². The third-order valence-electron chi connectivity index (χ3n) is 7.42. The molecule has 2 aromatic heterocycles. The summed E-state index contributed by atoms with van der Waals surface area (Å²) >= 11 is 7.62. The SMILES string of the molecule is CC(=N)N1C(=N)[C@H](CC(=O)N2CC3(COC3)C2)N=C(c2ccc(Cl)cc2)c2c1sc(C#Cc1ccccn1)c2C. The molecule has 0 unspecified atom stereocenters. The Bertz CT molecular complexity index is 1610. The second-order valence-electron chi connectivity index (χ2n) is 10.5. The minimum absolute atomic E-state index is 0.0436. The highest BCUT2D eigenvalue weighted by Crippen LogP contribution is 2.41. The van der Waals surface area contributed by atoms with Crippen LogP contribution >= 0.6 is 22.9 Å². The molecule has 0 radical (unpaired) electrons. The van der Waals surface area contributed by atoms with Crippen LogP contribution in [0.1, 0.15) is 40.6 Å². The highest BCUT2D eigenvalue weighted by Gasteiger charge is 2.51. The molecular weight excluding hydrogens is 544 g/mol. The van der Waals surface area contributed by atoms with Crippen molar-refractivity contribution in [2.24, 2.45) is 10.4 Å². The number of rotatable bonds is 3. The molecule has 0 aliphatic carbocycles. The first-order chi connectivity index (χ1) is 19.2. The first kappa shape index (κ1) is 26.4. The molecule has 202 valence electrons. The van der Waals surface area contributed by atoms with Crippen molar-refractivity contribution < 1.29 is 9.53 Å². The summed E-state index contributed by atoms with van der Waals surface area (Å²) in [7, 11) is 0. The number of amidine groups is 2. The van der Waals surface area contributed by atoms with Crippen molar-refractivity contribution in [2.45, 2.75) is 26.3 Å². The Morgan fingerprint density at radius 1 is 1.20 bits per heavy atom. The van der Waals surface area contributed by atoms with Gasteiger partial charge in [0.25, 0.3) is 0 Å². The number of thiophene rings is 1. The summed E-state index contributed by atoms with van der Waals surface area (Å²) in [6.45, 7) is 6.38. The van der Waals surface area contributed by atoms with E-state index in [9.17, 15) is 4.79 Å². The molecule has 2 saturated heterocycles. The van der Waals surface area contributed by atoms with Gasteiger partial charge in [0.2, 0.25) is 5.91 Å². The maximum atomic E-state index is 13.3. The monoisotopic (exact) mass is 570 g/mol. The summed E-state index contributed by atoms with van der Waals surface area (Å²) in [5.74, 6) is 6.60. The number of nitrogens with one attached hydrogen (secondary N) is 2. The number of likely N-dealkylation sites (tertiary alicyclic amines) is 1. The molecule has 40 heavy (non-hydrogen) atoms. The van der Waals surface area contributed by atoms with Crippen LogP contribution in [-0.4, -0.2) is 65.5 Å². The van der Waals surface area contributed by atoms with E-state index in [1.54, 1.807) is 30.2 Å². The minimum Gasteiger partial charge on any atom is -0.380 e. The Kier molecular flexibility index (Phi) is 6.78. The van der Waals surface area contributed by atoms with Crippen LogP contribution in [0, 0.1) is 35.0 Å². The molecule has 1 amide bonds. The number of nitrogens with zero attached hydrogens (tertiary/aromatic N) is 4. The Hall–Kier alpha value is -3.84. The maximum absolute atomic E-state index is 13.3. The largest absolute Gasteiger partial charge is 0.380 e. The van der Waals surface area contributed by atoms with Gasteiger partial charge in [-0.1, -0.05) is 29.8 Å². The molecule has 2 N–H and O–H groups in total. The molecule has 0 bridgehead atoms. The summed E-state index contributed by atoms with van der Waals surface area (Å²) in [5.41, 5.74) is 3.95. The van der Waals surface area contributed by atoms with Crippen LogP contribution in [0.15, 0.2) is 53.7 Å². The Balaban J connectivity index is 1.43. The number of hydrogen-bond acceptors (Lipinski definition) is 7. The van der Waals surface area contributed by atoms with E-state index in [0.717, 1.165) is 21.6 Å². The smallest absolute Gasteiger partial charge is 0.225 e. The molecule has 1 atom stereocenters. The topological polar surface area (TPSA) is 106 Å². The van der Waals surface area contributed by atoms with Crippen molar-refractivity contribution in [3.8, 4) is 11.8 Å². The van der Waals surface area contributed by atoms with E-state index < -0.39 is 6.04 Å². The normalized spacial score (nSPS) is 19.0. The lowest BCUT2D eigenvalue weighted by Crippen LogP contribution is -2.67. The van der Waals surface area contributed by atoms with Crippen molar-refractivity contribution in [1.29, 1.82) is 10.8 Å². The number of benzene rings is 1. The van der Waals surface area contributed by atoms with Gasteiger partial charge in [0.05, 0.1) is 35.6 Å². The highest BCUT2D eigenvalue weighted by molar-refractivity contribution is 7.17. The second-order valence-corrected chi connectivity index (χ2v) is 11.9. The van der Waals surface area contributed by atoms with Crippen molar-refractivity contribution in [3.05, 3.63) is 80.9 Å². The number of hydrogen-bond donors (Lipinski definition) is 2. The van der Waals surface area contributed by atoms with Gasteiger partial charge in [-0.05, 0) is 55.5 Å². The number of aromatic nitrogens is 1. The van der Waals surface area contributed by atoms with Gasteiger partial charge in [0, 0.05) is 35.4 Å². The number of carbonyl (C=O) groups is 1. The van der Waals surface area contributed by atoms with Crippen LogP contribution in [0.4, 0.5) is 5.00 Å². The van der Waals surface area contributed by atoms with Gasteiger partial charge in [-0.15, -0.1) is 11.3 Å². The third-order valence-corrected chi connectivity index (χ3v) is 8.87. The van der Waals surface area contributed by atoms with E-state index >= 15 is 0 Å². The standard InChI is InChI=1S/C30H27ClN6O2S/c1-18-24(11-10-22-5-3-4-12-34-22)40-29-26(18)27(20-6-8-21(31)9-7-20)35-23(28(33)37(29)19(2)32)13-25(38)36-14-30(15-36)16-39-17-30/h3-9,12,23,32-33H,13-17H2,1-2H3/t23-/m0/s1. The molecule has 1 spiro atoms. The number of pyridine rings is 1. The van der Waals surface area contributed by atoms with Crippen molar-refractivity contribution >= 4 is 51.2 Å². The zero-order chi connectivity index (χ0) is 28.0. The molecular formula is C30H27ClN6O2S. The van der Waals surface area contributed by atoms with Gasteiger partial charge in [-0.2, -0.15) is 0 Å². The summed E-state index contributed by atoms with van der Waals surface area (Å²) in [4.78, 5) is 26.9. The summed E-state index contributed by atoms with van der Waals surface area (Å²) in [6.07, 6.45) is 1.76. The van der Waals surface area contributed by atoms with Crippen LogP contribution < -0.4 is 4.90 Å². The fraction of sp³-hybridized carbons (Fsp3) is 0.300. The zero-order valence-electron chi connectivity index (χ0n) is 22.1. The number of anilines is 1. The number of amides is 1. The lowest BCUT2D eigenvalue weighted by molar-refractivity contribution is -0.195. The predicted molar refractivity (Wildman–Crippen MR) is 158 cm³/mol. The molecule has 3 aliphatic heterocycles. The van der Waals surface area contributed by atoms with Gasteiger partial charge in [-0.3, -0.25) is 25.5 Å². The van der Waals surface area contributed by atoms with E-state index in [4.69, 9.17) is 32.1 Å². The first-order valence-electron chi connectivity index (χ1n) is 12.9. The van der Waals surface area contributed by atoms with Gasteiger partial charge < -0.3 is 9.64 Å². The molecule has 3 aromatic rings. The van der Waals surface area contributed by atoms with Gasteiger partial charge >= 0.3 is 0 Å². The average molecular weight is 571 g/mol. The summed E-state index contributed by atoms with van der Waals surface area (Å²) in [5, 5.41) is 19.1. The molecule has 10 heteroatoms. The van der Waals surface area contributed by atoms with E-state index in [1.165, 1.54) is 11.3 Å². The highest BCUT2D eigenvalue weighted by atomic mass is 35.5. The van der Waals surface area contributed by atoms with Crippen LogP contribution in [0.25, 0.3) is 0 Å². The van der Waals surface area contributed by atoms with Crippen LogP contribution in [0.2, 0.25) is 5.02 Å². The molecule has 8 nitrogen and oxygen atoms in total. The lowest BCUT2D eigenvalue weighted by Gasteiger charge is -2.55. The Morgan fingerprint density at radius 3 is 2.58 bits per heavy atom. The fourth-order valence-corrected chi connectivity index (χ4v) is 6.62. The number of ether oxygens (including phenoxy) is 1. The molecule has 2 fully saturated rings. The van der Waals surface area contributed by atoms with Gasteiger partial charge in [-0.25, -0.2) is 4.98 Å². The van der Waals surface area contributed by atoms with Crippen molar-refractivity contribution in [2.75, 3.05) is 31.2 Å². The van der Waals surface area contributed by atoms with Crippen LogP contribution in [0.3, 0.4) is 0 Å². The summed E-state index contributed by atoms with van der Waals surface area (Å²) in [6, 6.07) is 12.2. The second kappa shape index (κ2) is 10.3. The molecule has 6 rings (SSSR count). The van der Waals surface area contributed by atoms with E-state index in [0.29, 0.717) is 47.7 Å². The molecule has 3 aliphatic rings. The number of aliphatic imine (C=N–C) groups is 1. The average Bonchev–Trinajstić information content (AvgIpc) is 3.13. The van der Waals surface area contributed by atoms with E-state index in [-0.39, 0.29) is 29.4 Å². The van der Waals surface area contributed by atoms with Crippen LogP contribution in [0.5, 0.6) is 0 Å². The maximum Gasteiger partial charge on any atom is 0.225 e. The minimum atomic E-state index is -0.755. The van der Waals surface area contributed by atoms with E-state index in [1.807, 2.05) is 42.2 Å². The zero-order valence-corrected chi connectivity index (χ0v) is 23.7. The number of halogens is 1. The number of fused-ring (bicyclic) bond motifs is 1. The molecule has 1 aromatic carbocycles. The lowest BCUT2D eigenvalue weighted by atomic mass is 9.78. The predicted octanol–water partition coefficient (Wildman–Crippen LogP) is 4.75. The first-order valence-corrected chi connectivity index (χ1v) is 14.1. The summed E-state index contributed by atoms with van der Waals surface area (Å²) < 4.78 is 5.35. The van der Waals surface area contributed by atoms with Crippen molar-refractivity contribution in [1.82, 2.24) is 9.88 Å². The van der Waals surface area contributed by atoms with Crippen LogP contribution in [-0.2, 0) is 9.53 Å². The van der Waals surface area contributed by atoms with Crippen molar-refractivity contribution in [3.63, 3.8) is 0 Å². The number of carbonyl (C=O) groups excluding carboxylic acids is 1. The quantitative estimate of drug-likeness (QED) is 0.269. The fourth-order valence-electron chi connectivity index (χ4n) is 5.26. The molecule has 5 heterocycles. The Labute approximate surface area is 241 Å². The third kappa shape index (κ3) is 4.73.